The molecule has 0 aliphatic carbocycles. The van der Waals surface area contributed by atoms with Crippen molar-refractivity contribution in [1.29, 1.82) is 0 Å². The van der Waals surface area contributed by atoms with E-state index >= 15 is 0 Å². The zero-order valence-electron chi connectivity index (χ0n) is 17.9. The lowest BCUT2D eigenvalue weighted by Gasteiger charge is -2.59. The van der Waals surface area contributed by atoms with Gasteiger partial charge in [0.1, 0.15) is 0 Å². The second-order valence-electron chi connectivity index (χ2n) is 8.98. The molecule has 3 atom stereocenters. The number of carbonyl (C=O) groups is 1. The molecule has 1 amide bonds. The first kappa shape index (κ1) is 23.3. The summed E-state index contributed by atoms with van der Waals surface area (Å²) in [5.74, 6) is -0.0335. The fourth-order valence-corrected chi connectivity index (χ4v) is 7.11. The molecule has 1 aromatic carbocycles. The first-order valence-electron chi connectivity index (χ1n) is 10.6. The number of hydrogen-bond donors (Lipinski definition) is 0. The van der Waals surface area contributed by atoms with Gasteiger partial charge in [0.25, 0.3) is 0 Å². The number of amides is 1. The van der Waals surface area contributed by atoms with E-state index in [0.717, 1.165) is 31.5 Å². The van der Waals surface area contributed by atoms with Crippen molar-refractivity contribution in [3.8, 4) is 0 Å². The smallest absolute Gasteiger partial charge is 0.227 e. The number of ether oxygens (including phenoxy) is 1. The molecule has 172 valence electrons. The lowest BCUT2D eigenvalue weighted by Crippen LogP contribution is -2.77. The molecular formula is C21H29Cl2N3O4S. The van der Waals surface area contributed by atoms with Crippen molar-refractivity contribution in [2.45, 2.75) is 43.8 Å². The molecule has 7 nitrogen and oxygen atoms in total. The van der Waals surface area contributed by atoms with Crippen molar-refractivity contribution in [2.75, 3.05) is 45.6 Å². The number of rotatable bonds is 4. The molecule has 3 aliphatic rings. The minimum Gasteiger partial charge on any atom is -0.378 e. The van der Waals surface area contributed by atoms with Gasteiger partial charge in [0.2, 0.25) is 15.9 Å². The number of nitrogens with zero attached hydrogens (tertiary/aromatic N) is 3. The molecule has 0 N–H and O–H groups in total. The average molecular weight is 490 g/mol. The number of piperazine rings is 1. The van der Waals surface area contributed by atoms with Crippen LogP contribution in [0.15, 0.2) is 18.2 Å². The van der Waals surface area contributed by atoms with Crippen molar-refractivity contribution in [2.24, 2.45) is 0 Å². The molecule has 31 heavy (non-hydrogen) atoms. The maximum absolute atomic E-state index is 13.5. The van der Waals surface area contributed by atoms with Crippen LogP contribution in [0.2, 0.25) is 10.0 Å². The Bertz CT molecular complexity index is 954. The van der Waals surface area contributed by atoms with Gasteiger partial charge in [-0.15, -0.1) is 0 Å². The van der Waals surface area contributed by atoms with E-state index in [1.165, 1.54) is 10.6 Å². The molecule has 0 saturated carbocycles. The quantitative estimate of drug-likeness (QED) is 0.648. The topological polar surface area (TPSA) is 70.2 Å². The summed E-state index contributed by atoms with van der Waals surface area (Å²) in [7, 11) is -3.46. The van der Waals surface area contributed by atoms with Gasteiger partial charge in [-0.3, -0.25) is 9.69 Å². The summed E-state index contributed by atoms with van der Waals surface area (Å²) in [5.41, 5.74) is -0.0265. The zero-order chi connectivity index (χ0) is 22.4. The summed E-state index contributed by atoms with van der Waals surface area (Å²) in [6.45, 7) is 5.18. The Labute approximate surface area is 194 Å². The molecule has 0 aromatic heterocycles. The molecular weight excluding hydrogens is 461 g/mol. The van der Waals surface area contributed by atoms with E-state index in [1.807, 2.05) is 11.8 Å². The minimum absolute atomic E-state index is 0.0335. The van der Waals surface area contributed by atoms with Crippen LogP contribution in [0.3, 0.4) is 0 Å². The predicted molar refractivity (Wildman–Crippen MR) is 121 cm³/mol. The van der Waals surface area contributed by atoms with Gasteiger partial charge >= 0.3 is 0 Å². The van der Waals surface area contributed by atoms with Crippen LogP contribution in [0.1, 0.15) is 25.3 Å². The molecule has 0 spiro atoms. The highest BCUT2D eigenvalue weighted by Crippen LogP contribution is 2.38. The van der Waals surface area contributed by atoms with Gasteiger partial charge in [-0.05, 0) is 50.6 Å². The molecule has 10 heteroatoms. The number of benzene rings is 1. The third-order valence-electron chi connectivity index (χ3n) is 6.80. The fourth-order valence-electron chi connectivity index (χ4n) is 5.46. The van der Waals surface area contributed by atoms with Crippen LogP contribution in [0.5, 0.6) is 0 Å². The lowest BCUT2D eigenvalue weighted by molar-refractivity contribution is -0.160. The molecule has 3 fully saturated rings. The summed E-state index contributed by atoms with van der Waals surface area (Å²) in [5, 5.41) is 0.866. The third kappa shape index (κ3) is 4.48. The number of sulfonamides is 1. The van der Waals surface area contributed by atoms with Gasteiger partial charge in [0, 0.05) is 13.1 Å². The van der Waals surface area contributed by atoms with Crippen LogP contribution in [0, 0.1) is 0 Å². The van der Waals surface area contributed by atoms with Crippen molar-refractivity contribution < 1.29 is 17.9 Å². The molecule has 3 unspecified atom stereocenters. The molecule has 1 aromatic rings. The largest absolute Gasteiger partial charge is 0.378 e. The molecule has 0 bridgehead atoms. The van der Waals surface area contributed by atoms with Crippen LogP contribution < -0.4 is 0 Å². The Balaban J connectivity index is 1.67. The van der Waals surface area contributed by atoms with E-state index in [9.17, 15) is 13.2 Å². The third-order valence-corrected chi connectivity index (χ3v) is 8.94. The van der Waals surface area contributed by atoms with Crippen molar-refractivity contribution in [3.05, 3.63) is 33.8 Å². The van der Waals surface area contributed by atoms with Crippen LogP contribution >= 0.6 is 23.2 Å². The van der Waals surface area contributed by atoms with Crippen LogP contribution in [-0.2, 0) is 26.0 Å². The van der Waals surface area contributed by atoms with E-state index in [4.69, 9.17) is 27.9 Å². The number of halogens is 2. The fraction of sp³-hybridized carbons (Fsp3) is 0.667. The zero-order valence-corrected chi connectivity index (χ0v) is 20.2. The summed E-state index contributed by atoms with van der Waals surface area (Å²) in [4.78, 5) is 17.7. The molecule has 3 heterocycles. The van der Waals surface area contributed by atoms with Crippen LogP contribution in [0.25, 0.3) is 0 Å². The van der Waals surface area contributed by atoms with Crippen molar-refractivity contribution >= 4 is 39.1 Å². The van der Waals surface area contributed by atoms with Gasteiger partial charge in [0.15, 0.2) is 0 Å². The molecule has 0 radical (unpaired) electrons. The number of carbonyl (C=O) groups excluding carboxylic acids is 1. The highest BCUT2D eigenvalue weighted by atomic mass is 35.5. The van der Waals surface area contributed by atoms with E-state index in [0.29, 0.717) is 23.2 Å². The number of likely N-dealkylation sites (tertiary alicyclic amines) is 1. The van der Waals surface area contributed by atoms with E-state index in [2.05, 4.69) is 4.90 Å². The minimum atomic E-state index is -3.46. The Morgan fingerprint density at radius 1 is 1.16 bits per heavy atom. The van der Waals surface area contributed by atoms with E-state index in [-0.39, 0.29) is 37.6 Å². The summed E-state index contributed by atoms with van der Waals surface area (Å²) in [6, 6.07) is 4.90. The Hall–Kier alpha value is -0.900. The predicted octanol–water partition coefficient (Wildman–Crippen LogP) is 2.26. The standard InChI is InChI=1S/C21H29Cl2N3O4S/c1-21-14-30-13-18(24-7-3-4-8-24)20(21)25(9-10-26(21)31(2,28)29)19(27)12-15-5-6-16(22)17(23)11-15/h5-6,11,18,20H,3-4,7-10,12-14H2,1-2H3. The SMILES string of the molecule is CC12COCC(N3CCCC3)C1N(C(=O)Cc1ccc(Cl)c(Cl)c1)CCN2S(C)(=O)=O. The van der Waals surface area contributed by atoms with Gasteiger partial charge in [-0.2, -0.15) is 4.31 Å². The number of hydrogen-bond acceptors (Lipinski definition) is 5. The second-order valence-corrected chi connectivity index (χ2v) is 11.7. The molecule has 3 aliphatic heterocycles. The van der Waals surface area contributed by atoms with E-state index < -0.39 is 15.6 Å². The lowest BCUT2D eigenvalue weighted by atomic mass is 9.81. The van der Waals surface area contributed by atoms with Gasteiger partial charge < -0.3 is 9.64 Å². The highest BCUT2D eigenvalue weighted by Gasteiger charge is 2.57. The highest BCUT2D eigenvalue weighted by molar-refractivity contribution is 7.88. The summed E-state index contributed by atoms with van der Waals surface area (Å²) >= 11 is 12.2. The van der Waals surface area contributed by atoms with Gasteiger partial charge in [0.05, 0.1) is 53.6 Å². The van der Waals surface area contributed by atoms with Crippen LogP contribution in [-0.4, -0.2) is 91.7 Å². The van der Waals surface area contributed by atoms with Crippen molar-refractivity contribution in [1.82, 2.24) is 14.1 Å². The van der Waals surface area contributed by atoms with E-state index in [1.54, 1.807) is 18.2 Å². The maximum atomic E-state index is 13.5. The van der Waals surface area contributed by atoms with Crippen LogP contribution in [0.4, 0.5) is 0 Å². The Morgan fingerprint density at radius 3 is 2.52 bits per heavy atom. The normalized spacial score (nSPS) is 30.4. The average Bonchev–Trinajstić information content (AvgIpc) is 3.22. The van der Waals surface area contributed by atoms with Gasteiger partial charge in [-0.1, -0.05) is 29.3 Å². The second kappa shape index (κ2) is 8.80. The monoisotopic (exact) mass is 489 g/mol. The Morgan fingerprint density at radius 2 is 1.87 bits per heavy atom. The Kier molecular flexibility index (Phi) is 6.60. The summed E-state index contributed by atoms with van der Waals surface area (Å²) < 4.78 is 32.8. The summed E-state index contributed by atoms with van der Waals surface area (Å²) in [6.07, 6.45) is 3.64. The first-order chi connectivity index (χ1) is 14.6. The molecule has 3 saturated heterocycles. The maximum Gasteiger partial charge on any atom is 0.227 e. The number of fused-ring (bicyclic) bond motifs is 1. The molecule has 4 rings (SSSR count). The van der Waals surface area contributed by atoms with Crippen molar-refractivity contribution in [3.63, 3.8) is 0 Å². The first-order valence-corrected chi connectivity index (χ1v) is 13.2. The van der Waals surface area contributed by atoms with Gasteiger partial charge in [-0.25, -0.2) is 8.42 Å².